The normalized spacial score (nSPS) is 11.0. The number of benzene rings is 17. The summed E-state index contributed by atoms with van der Waals surface area (Å²) in [6.07, 6.45) is 30.1. The summed E-state index contributed by atoms with van der Waals surface area (Å²) in [5.74, 6) is 1.23. The van der Waals surface area contributed by atoms with Crippen LogP contribution in [0.5, 0.6) is 0 Å². The van der Waals surface area contributed by atoms with Crippen molar-refractivity contribution in [2.75, 3.05) is 0 Å². The van der Waals surface area contributed by atoms with Gasteiger partial charge in [0.15, 0.2) is 0 Å². The van der Waals surface area contributed by atoms with E-state index in [-0.39, 0.29) is 40.2 Å². The molecule has 17 aromatic carbocycles. The molecule has 21 aromatic rings. The van der Waals surface area contributed by atoms with Gasteiger partial charge in [0.05, 0.1) is 16.7 Å². The Morgan fingerprint density at radius 3 is 0.944 bits per heavy atom. The van der Waals surface area contributed by atoms with Gasteiger partial charge in [-0.15, -0.1) is 130 Å². The number of para-hydroxylation sites is 4. The Morgan fingerprint density at radius 1 is 0.224 bits per heavy atom. The van der Waals surface area contributed by atoms with Gasteiger partial charge in [-0.1, -0.05) is 365 Å². The molecule has 6 nitrogen and oxygen atoms in total. The van der Waals surface area contributed by atoms with E-state index in [1.165, 1.54) is 227 Å². The molecule has 0 spiro atoms. The standard InChI is InChI=1S/C41H38N.C32H28N.2C31H28NO.2Ir/c1-30-15-12-16-31(2)40(30)39-29-36-22-10-11-26-38(36)41(42-39)37-25-14-24-35(28-37)34-23-13-21-33(27-34)20-7-4-3-6-17-32-18-8-5-9-19-32;1-3-10-25(11-4-1)12-5-2-6-13-26-18-20-27(21-19-26)29-15-9-16-30(24-29)32-31-17-8-7-14-28(31)22-23-33-32;2*1(4-12-24-13-6-3-7-14-24)2-5-15-25-16-10-17-26(22-25)27-18-11-19-28(23-27)31-32-29-20-8-9-21-30(29)33-31;;/h5,8-16,18-19,21-24,26-29H,3-4,6-7,17,20H2,1-2H3;1,3-4,7-11,14-15,17-24H,2,5-6,12-13H2;2*3,6-11,13-14,16-18,20-23H,1-2,4-5,12,15H2;;/q4*-1;;. The van der Waals surface area contributed by atoms with Crippen LogP contribution in [0.3, 0.4) is 0 Å². The number of fused-ring (bicyclic) bond motifs is 4. The fraction of sp³-hybridized carbons (Fsp3) is 0.185. The zero-order chi connectivity index (χ0) is 95.6. The van der Waals surface area contributed by atoms with Crippen LogP contribution in [0.2, 0.25) is 0 Å². The minimum atomic E-state index is 0. The third-order valence-corrected chi connectivity index (χ3v) is 26.8. The third kappa shape index (κ3) is 28.8. The van der Waals surface area contributed by atoms with E-state index in [9.17, 15) is 0 Å². The zero-order valence-corrected chi connectivity index (χ0v) is 86.7. The molecule has 8 heteroatoms. The molecule has 716 valence electrons. The Morgan fingerprint density at radius 2 is 0.531 bits per heavy atom. The summed E-state index contributed by atoms with van der Waals surface area (Å²) in [4.78, 5) is 19.2. The topological polar surface area (TPSA) is 77.8 Å². The van der Waals surface area contributed by atoms with Crippen LogP contribution < -0.4 is 0 Å². The molecule has 0 unspecified atom stereocenters. The molecule has 143 heavy (non-hydrogen) atoms. The number of hydrogen-bond acceptors (Lipinski definition) is 6. The number of unbranched alkanes of at least 4 members (excludes halogenated alkanes) is 11. The van der Waals surface area contributed by atoms with E-state index in [1.807, 2.05) is 79.0 Å². The van der Waals surface area contributed by atoms with Crippen molar-refractivity contribution in [3.8, 4) is 101 Å². The van der Waals surface area contributed by atoms with Crippen LogP contribution in [0.1, 0.15) is 152 Å². The largest absolute Gasteiger partial charge is 0.481 e. The van der Waals surface area contributed by atoms with Gasteiger partial charge < -0.3 is 13.8 Å². The zero-order valence-electron chi connectivity index (χ0n) is 81.9. The first-order valence-electron chi connectivity index (χ1n) is 50.9. The average molecular weight is 2220 g/mol. The summed E-state index contributed by atoms with van der Waals surface area (Å²) in [5.41, 5.74) is 34.9. The molecule has 0 aliphatic rings. The van der Waals surface area contributed by atoms with Gasteiger partial charge in [-0.2, -0.15) is 0 Å². The molecule has 0 fully saturated rings. The molecule has 0 bridgehead atoms. The molecule has 0 aliphatic carbocycles. The number of aromatic nitrogens is 4. The Balaban J connectivity index is 0.000000137. The molecular formula is C135H122Ir2N4O2-4. The number of nitrogens with zero attached hydrogens (tertiary/aromatic N) is 4. The Kier molecular flexibility index (Phi) is 37.7. The van der Waals surface area contributed by atoms with Gasteiger partial charge in [0, 0.05) is 52.0 Å². The van der Waals surface area contributed by atoms with Crippen molar-refractivity contribution in [2.45, 2.75) is 162 Å². The van der Waals surface area contributed by atoms with E-state index in [0.717, 1.165) is 109 Å². The van der Waals surface area contributed by atoms with Gasteiger partial charge in [0.2, 0.25) is 0 Å². The number of oxazole rings is 2. The second-order valence-electron chi connectivity index (χ2n) is 37.2. The molecule has 0 saturated heterocycles. The molecule has 0 amide bonds. The van der Waals surface area contributed by atoms with Crippen LogP contribution in [0, 0.1) is 38.1 Å². The molecule has 2 radical (unpaired) electrons. The molecule has 0 N–H and O–H groups in total. The number of aryl methyl sites for hydroxylation is 10. The third-order valence-electron chi connectivity index (χ3n) is 26.8. The first-order valence-corrected chi connectivity index (χ1v) is 50.9. The quantitative estimate of drug-likeness (QED) is 0.0288. The number of rotatable bonds is 36. The van der Waals surface area contributed by atoms with Crippen LogP contribution in [-0.4, -0.2) is 19.9 Å². The molecule has 0 saturated carbocycles. The van der Waals surface area contributed by atoms with Crippen LogP contribution >= 0.6 is 0 Å². The van der Waals surface area contributed by atoms with Gasteiger partial charge >= 0.3 is 0 Å². The molecular weight excluding hydrogens is 2090 g/mol. The van der Waals surface area contributed by atoms with Crippen molar-refractivity contribution in [3.05, 3.63) is 505 Å². The minimum absolute atomic E-state index is 0. The van der Waals surface area contributed by atoms with Crippen molar-refractivity contribution in [3.63, 3.8) is 0 Å². The fourth-order valence-corrected chi connectivity index (χ4v) is 19.2. The van der Waals surface area contributed by atoms with Crippen molar-refractivity contribution in [1.82, 2.24) is 19.9 Å². The average Bonchev–Trinajstić information content (AvgIpc) is 1.36. The van der Waals surface area contributed by atoms with Crippen LogP contribution in [0.4, 0.5) is 0 Å². The van der Waals surface area contributed by atoms with Crippen molar-refractivity contribution in [2.24, 2.45) is 0 Å². The van der Waals surface area contributed by atoms with Crippen molar-refractivity contribution in [1.29, 1.82) is 0 Å². The predicted molar refractivity (Wildman–Crippen MR) is 590 cm³/mol. The SMILES string of the molecule is Cc1cccc(C)c1-c1cc2ccccc2c(-c2[c-]ccc(-c3cccc(CCCCCCc4ccccc4)c3)c2)n1.[Ir].[Ir].[c-]1ccc(-c2ccc(CCCCCc3ccccc3)cc2)cc1-c1nccc2ccccc12.[c-]1ccc(-c2cccc(CCCCCCc3ccccc3)c2)cc1-c1nc2ccccc2o1.[c-]1ccc(-c2cccc(CCCCCCc3ccccc3)c2)cc1-c1nc2ccccc2o1. The second kappa shape index (κ2) is 53.1. The summed E-state index contributed by atoms with van der Waals surface area (Å²) < 4.78 is 11.9. The van der Waals surface area contributed by atoms with Crippen LogP contribution in [0.15, 0.2) is 434 Å². The fourth-order valence-electron chi connectivity index (χ4n) is 19.2. The molecule has 4 heterocycles. The Labute approximate surface area is 873 Å². The molecule has 21 rings (SSSR count). The van der Waals surface area contributed by atoms with E-state index in [4.69, 9.17) is 13.8 Å². The Hall–Kier alpha value is -14.2. The van der Waals surface area contributed by atoms with E-state index in [2.05, 4.69) is 399 Å². The summed E-state index contributed by atoms with van der Waals surface area (Å²) in [6.45, 7) is 4.34. The van der Waals surface area contributed by atoms with Gasteiger partial charge in [-0.25, -0.2) is 0 Å². The predicted octanol–water partition coefficient (Wildman–Crippen LogP) is 35.9. The summed E-state index contributed by atoms with van der Waals surface area (Å²) >= 11 is 0. The minimum Gasteiger partial charge on any atom is -0.481 e. The van der Waals surface area contributed by atoms with Crippen molar-refractivity contribution >= 4 is 43.7 Å². The second-order valence-corrected chi connectivity index (χ2v) is 37.2. The van der Waals surface area contributed by atoms with Crippen LogP contribution in [0.25, 0.3) is 145 Å². The van der Waals surface area contributed by atoms with E-state index >= 15 is 0 Å². The van der Waals surface area contributed by atoms with Crippen LogP contribution in [-0.2, 0) is 91.6 Å². The van der Waals surface area contributed by atoms with Gasteiger partial charge in [-0.3, -0.25) is 15.0 Å². The summed E-state index contributed by atoms with van der Waals surface area (Å²) in [6, 6.07) is 161. The van der Waals surface area contributed by atoms with Gasteiger partial charge in [0.1, 0.15) is 22.9 Å². The monoisotopic (exact) mass is 2220 g/mol. The van der Waals surface area contributed by atoms with Crippen molar-refractivity contribution < 1.29 is 49.0 Å². The number of pyridine rings is 2. The maximum absolute atomic E-state index is 5.94. The Bertz CT molecular complexity index is 7260. The van der Waals surface area contributed by atoms with E-state index in [1.54, 1.807) is 0 Å². The maximum atomic E-state index is 5.94. The maximum Gasteiger partial charge on any atom is 0.141 e. The molecule has 0 aliphatic heterocycles. The molecule has 4 aromatic heterocycles. The first kappa shape index (κ1) is 102. The van der Waals surface area contributed by atoms with E-state index in [0.29, 0.717) is 11.8 Å². The number of hydrogen-bond donors (Lipinski definition) is 0. The summed E-state index contributed by atoms with van der Waals surface area (Å²) in [5, 5.41) is 4.72. The van der Waals surface area contributed by atoms with Gasteiger partial charge in [-0.05, 0) is 264 Å². The smallest absolute Gasteiger partial charge is 0.141 e. The van der Waals surface area contributed by atoms with Gasteiger partial charge in [0.25, 0.3) is 0 Å². The van der Waals surface area contributed by atoms with E-state index < -0.39 is 0 Å². The summed E-state index contributed by atoms with van der Waals surface area (Å²) in [7, 11) is 0. The molecule has 0 atom stereocenters. The first-order chi connectivity index (χ1) is 69.7.